The van der Waals surface area contributed by atoms with Gasteiger partial charge < -0.3 is 13.9 Å². The molecule has 1 fully saturated rings. The quantitative estimate of drug-likeness (QED) is 0.668. The lowest BCUT2D eigenvalue weighted by Crippen LogP contribution is -2.27. The summed E-state index contributed by atoms with van der Waals surface area (Å²) in [5, 5.41) is 0.904. The lowest BCUT2D eigenvalue weighted by Gasteiger charge is -2.23. The number of rotatable bonds is 3. The molecule has 0 aliphatic carbocycles. The van der Waals surface area contributed by atoms with Crippen molar-refractivity contribution < 1.29 is 13.9 Å². The largest absolute Gasteiger partial charge is 0.488 e. The van der Waals surface area contributed by atoms with E-state index >= 15 is 0 Å². The van der Waals surface area contributed by atoms with E-state index in [1.807, 2.05) is 43.3 Å². The molecule has 1 aliphatic rings. The van der Waals surface area contributed by atoms with E-state index in [4.69, 9.17) is 13.9 Å². The molecule has 25 heavy (non-hydrogen) atoms. The van der Waals surface area contributed by atoms with Gasteiger partial charge in [-0.15, -0.1) is 0 Å². The fourth-order valence-electron chi connectivity index (χ4n) is 3.31. The number of ether oxygens (including phenoxy) is 2. The number of aryl methyl sites for hydroxylation is 1. The maximum absolute atomic E-state index is 12.1. The van der Waals surface area contributed by atoms with Crippen molar-refractivity contribution in [1.82, 2.24) is 0 Å². The van der Waals surface area contributed by atoms with Gasteiger partial charge in [-0.05, 0) is 43.0 Å². The molecular formula is C21H20O4. The van der Waals surface area contributed by atoms with Gasteiger partial charge in [0.1, 0.15) is 17.4 Å². The SMILES string of the molecule is Cc1ccccc1-c1cc(=O)oc2cc(O[C@@H]3CCCOC3)ccc12. The van der Waals surface area contributed by atoms with Crippen molar-refractivity contribution in [2.24, 2.45) is 0 Å². The van der Waals surface area contributed by atoms with E-state index in [9.17, 15) is 4.79 Å². The van der Waals surface area contributed by atoms with Crippen molar-refractivity contribution >= 4 is 11.0 Å². The minimum atomic E-state index is -0.357. The third kappa shape index (κ3) is 3.30. The summed E-state index contributed by atoms with van der Waals surface area (Å²) < 4.78 is 16.9. The predicted molar refractivity (Wildman–Crippen MR) is 97.1 cm³/mol. The van der Waals surface area contributed by atoms with E-state index in [0.29, 0.717) is 17.9 Å². The summed E-state index contributed by atoms with van der Waals surface area (Å²) in [6, 6.07) is 15.3. The smallest absolute Gasteiger partial charge is 0.336 e. The first-order chi connectivity index (χ1) is 12.2. The third-order valence-electron chi connectivity index (χ3n) is 4.57. The second-order valence-electron chi connectivity index (χ2n) is 6.41. The van der Waals surface area contributed by atoms with Crippen molar-refractivity contribution in [3.63, 3.8) is 0 Å². The average Bonchev–Trinajstić information content (AvgIpc) is 2.62. The summed E-state index contributed by atoms with van der Waals surface area (Å²) in [6.45, 7) is 3.44. The molecule has 0 N–H and O–H groups in total. The van der Waals surface area contributed by atoms with Gasteiger partial charge >= 0.3 is 5.63 Å². The first kappa shape index (κ1) is 15.9. The molecule has 0 radical (unpaired) electrons. The Balaban J connectivity index is 1.76. The maximum Gasteiger partial charge on any atom is 0.336 e. The molecule has 4 nitrogen and oxygen atoms in total. The summed E-state index contributed by atoms with van der Waals surface area (Å²) in [5.74, 6) is 0.702. The molecule has 128 valence electrons. The van der Waals surface area contributed by atoms with Crippen molar-refractivity contribution in [3.05, 3.63) is 64.5 Å². The molecule has 1 aromatic heterocycles. The lowest BCUT2D eigenvalue weighted by atomic mass is 9.98. The second kappa shape index (κ2) is 6.73. The van der Waals surface area contributed by atoms with E-state index in [0.717, 1.165) is 41.5 Å². The topological polar surface area (TPSA) is 48.7 Å². The molecule has 4 rings (SSSR count). The van der Waals surface area contributed by atoms with Gasteiger partial charge in [-0.3, -0.25) is 0 Å². The highest BCUT2D eigenvalue weighted by molar-refractivity contribution is 5.94. The van der Waals surface area contributed by atoms with E-state index < -0.39 is 0 Å². The fraction of sp³-hybridized carbons (Fsp3) is 0.286. The average molecular weight is 336 g/mol. The summed E-state index contributed by atoms with van der Waals surface area (Å²) in [4.78, 5) is 12.1. The Morgan fingerprint density at radius 1 is 1.08 bits per heavy atom. The van der Waals surface area contributed by atoms with Crippen molar-refractivity contribution in [2.45, 2.75) is 25.9 Å². The van der Waals surface area contributed by atoms with E-state index in [2.05, 4.69) is 0 Å². The highest BCUT2D eigenvalue weighted by Crippen LogP contribution is 2.32. The Morgan fingerprint density at radius 2 is 1.96 bits per heavy atom. The van der Waals surface area contributed by atoms with Gasteiger partial charge in [0.25, 0.3) is 0 Å². The van der Waals surface area contributed by atoms with Gasteiger partial charge in [0.15, 0.2) is 0 Å². The first-order valence-electron chi connectivity index (χ1n) is 8.59. The Morgan fingerprint density at radius 3 is 2.76 bits per heavy atom. The van der Waals surface area contributed by atoms with Gasteiger partial charge in [0, 0.05) is 29.7 Å². The zero-order valence-electron chi connectivity index (χ0n) is 14.2. The van der Waals surface area contributed by atoms with Gasteiger partial charge in [0.2, 0.25) is 0 Å². The molecule has 1 atom stereocenters. The van der Waals surface area contributed by atoms with Gasteiger partial charge in [-0.2, -0.15) is 0 Å². The van der Waals surface area contributed by atoms with Crippen LogP contribution in [0.1, 0.15) is 18.4 Å². The van der Waals surface area contributed by atoms with Crippen LogP contribution in [0.3, 0.4) is 0 Å². The summed E-state index contributed by atoms with van der Waals surface area (Å²) >= 11 is 0. The van der Waals surface area contributed by atoms with Crippen LogP contribution in [-0.4, -0.2) is 19.3 Å². The van der Waals surface area contributed by atoms with Crippen LogP contribution in [0.2, 0.25) is 0 Å². The van der Waals surface area contributed by atoms with E-state index in [1.54, 1.807) is 12.1 Å². The monoisotopic (exact) mass is 336 g/mol. The van der Waals surface area contributed by atoms with Gasteiger partial charge in [-0.25, -0.2) is 4.79 Å². The van der Waals surface area contributed by atoms with Gasteiger partial charge in [-0.1, -0.05) is 24.3 Å². The highest BCUT2D eigenvalue weighted by atomic mass is 16.5. The Bertz CT molecular complexity index is 952. The zero-order chi connectivity index (χ0) is 17.2. The Kier molecular flexibility index (Phi) is 4.28. The molecule has 0 spiro atoms. The van der Waals surface area contributed by atoms with Crippen LogP contribution < -0.4 is 10.4 Å². The molecule has 0 amide bonds. The lowest BCUT2D eigenvalue weighted by molar-refractivity contribution is 0.00746. The second-order valence-corrected chi connectivity index (χ2v) is 6.41. The molecule has 2 aromatic carbocycles. The van der Waals surface area contributed by atoms with Crippen molar-refractivity contribution in [2.75, 3.05) is 13.2 Å². The summed E-state index contributed by atoms with van der Waals surface area (Å²) in [6.07, 6.45) is 2.04. The number of hydrogen-bond donors (Lipinski definition) is 0. The maximum atomic E-state index is 12.1. The molecular weight excluding hydrogens is 316 g/mol. The highest BCUT2D eigenvalue weighted by Gasteiger charge is 2.16. The number of hydrogen-bond acceptors (Lipinski definition) is 4. The molecule has 2 heterocycles. The first-order valence-corrected chi connectivity index (χ1v) is 8.59. The van der Waals surface area contributed by atoms with Crippen LogP contribution in [0.5, 0.6) is 5.75 Å². The predicted octanol–water partition coefficient (Wildman–Crippen LogP) is 4.33. The third-order valence-corrected chi connectivity index (χ3v) is 4.57. The minimum Gasteiger partial charge on any atom is -0.488 e. The van der Waals surface area contributed by atoms with Gasteiger partial charge in [0.05, 0.1) is 6.61 Å². The molecule has 1 aliphatic heterocycles. The minimum absolute atomic E-state index is 0.0532. The molecule has 0 saturated carbocycles. The zero-order valence-corrected chi connectivity index (χ0v) is 14.2. The fourth-order valence-corrected chi connectivity index (χ4v) is 3.31. The standard InChI is InChI=1S/C21H20O4/c1-14-5-2-3-7-17(14)19-12-21(22)25-20-11-15(8-9-18(19)20)24-16-6-4-10-23-13-16/h2-3,5,7-9,11-12,16H,4,6,10,13H2,1H3/t16-/m1/s1. The molecule has 1 saturated heterocycles. The molecule has 0 unspecified atom stereocenters. The molecule has 3 aromatic rings. The molecule has 0 bridgehead atoms. The van der Waals surface area contributed by atoms with E-state index in [1.165, 1.54) is 0 Å². The van der Waals surface area contributed by atoms with Crippen LogP contribution in [0, 0.1) is 6.92 Å². The van der Waals surface area contributed by atoms with Crippen molar-refractivity contribution in [1.29, 1.82) is 0 Å². The van der Waals surface area contributed by atoms with E-state index in [-0.39, 0.29) is 11.7 Å². The normalized spacial score (nSPS) is 17.6. The Hall–Kier alpha value is -2.59. The number of benzene rings is 2. The van der Waals surface area contributed by atoms with Crippen LogP contribution in [0.25, 0.3) is 22.1 Å². The van der Waals surface area contributed by atoms with Crippen LogP contribution in [0.4, 0.5) is 0 Å². The van der Waals surface area contributed by atoms with Crippen molar-refractivity contribution in [3.8, 4) is 16.9 Å². The van der Waals surface area contributed by atoms with Crippen LogP contribution in [0.15, 0.2) is 57.7 Å². The van der Waals surface area contributed by atoms with Crippen LogP contribution >= 0.6 is 0 Å². The summed E-state index contributed by atoms with van der Waals surface area (Å²) in [5.41, 5.74) is 3.23. The van der Waals surface area contributed by atoms with Crippen LogP contribution in [-0.2, 0) is 4.74 Å². The molecule has 4 heteroatoms. The Labute approximate surface area is 146 Å². The number of fused-ring (bicyclic) bond motifs is 1. The summed E-state index contributed by atoms with van der Waals surface area (Å²) in [7, 11) is 0.